The Balaban J connectivity index is 3.25. The molecule has 0 spiro atoms. The van der Waals surface area contributed by atoms with Crippen LogP contribution in [0.5, 0.6) is 0 Å². The summed E-state index contributed by atoms with van der Waals surface area (Å²) in [6.45, 7) is 1.57. The first kappa shape index (κ1) is 7.53. The van der Waals surface area contributed by atoms with Crippen molar-refractivity contribution in [2.75, 3.05) is 0 Å². The van der Waals surface area contributed by atoms with Crippen LogP contribution in [0.1, 0.15) is 19.8 Å². The van der Waals surface area contributed by atoms with Gasteiger partial charge in [0, 0.05) is 6.42 Å². The van der Waals surface area contributed by atoms with Gasteiger partial charge in [-0.05, 0) is 0 Å². The smallest absolute Gasteiger partial charge is 0.245 e. The van der Waals surface area contributed by atoms with E-state index in [0.29, 0.717) is 0 Å². The van der Waals surface area contributed by atoms with E-state index >= 15 is 0 Å². The number of carbonyl (C=O) groups excluding carboxylic acids is 1. The zero-order valence-electron chi connectivity index (χ0n) is 4.66. The van der Waals surface area contributed by atoms with E-state index in [1.54, 1.807) is 6.92 Å². The van der Waals surface area contributed by atoms with Crippen molar-refractivity contribution >= 4 is 5.78 Å². The van der Waals surface area contributed by atoms with E-state index < -0.39 is 12.8 Å². The van der Waals surface area contributed by atoms with Crippen molar-refractivity contribution < 1.29 is 13.6 Å². The minimum atomic E-state index is -2.47. The lowest BCUT2D eigenvalue weighted by Crippen LogP contribution is -2.01. The molecule has 0 amide bonds. The molecular formula is C5H8F2O. The van der Waals surface area contributed by atoms with Gasteiger partial charge in [-0.15, -0.1) is 0 Å². The van der Waals surface area contributed by atoms with Gasteiger partial charge in [0.1, 0.15) is 5.78 Å². The molecule has 0 heterocycles. The normalized spacial score (nSPS) is 10.0. The van der Waals surface area contributed by atoms with E-state index in [2.05, 4.69) is 0 Å². The summed E-state index contributed by atoms with van der Waals surface area (Å²) in [7, 11) is 0. The molecule has 0 aromatic carbocycles. The molecule has 0 aliphatic heterocycles. The summed E-state index contributed by atoms with van der Waals surface area (Å²) in [6.07, 6.45) is -2.84. The molecular weight excluding hydrogens is 114 g/mol. The van der Waals surface area contributed by atoms with Gasteiger partial charge in [-0.25, -0.2) is 8.78 Å². The van der Waals surface area contributed by atoms with Gasteiger partial charge in [0.05, 0.1) is 6.42 Å². The zero-order chi connectivity index (χ0) is 6.57. The van der Waals surface area contributed by atoms with Gasteiger partial charge in [0.2, 0.25) is 6.43 Å². The highest BCUT2D eigenvalue weighted by atomic mass is 19.3. The summed E-state index contributed by atoms with van der Waals surface area (Å²) >= 11 is 0. The average Bonchev–Trinajstić information content (AvgIpc) is 1.65. The molecule has 0 saturated heterocycles. The third kappa shape index (κ3) is 3.71. The Bertz CT molecular complexity index is 80.5. The van der Waals surface area contributed by atoms with Gasteiger partial charge in [-0.2, -0.15) is 0 Å². The van der Waals surface area contributed by atoms with Crippen molar-refractivity contribution in [1.82, 2.24) is 0 Å². The maximum atomic E-state index is 11.3. The summed E-state index contributed by atoms with van der Waals surface area (Å²) in [5.74, 6) is -0.375. The van der Waals surface area contributed by atoms with Crippen molar-refractivity contribution in [3.05, 3.63) is 0 Å². The summed E-state index contributed by atoms with van der Waals surface area (Å²) in [4.78, 5) is 10.1. The van der Waals surface area contributed by atoms with E-state index in [9.17, 15) is 13.6 Å². The fraction of sp³-hybridized carbons (Fsp3) is 0.800. The lowest BCUT2D eigenvalue weighted by Gasteiger charge is -1.92. The number of Topliss-reactive ketones (excluding diaryl/α,β-unsaturated/α-hetero) is 1. The molecule has 48 valence electrons. The molecule has 0 rings (SSSR count). The first-order chi connectivity index (χ1) is 3.66. The molecule has 0 fully saturated rings. The summed E-state index contributed by atoms with van der Waals surface area (Å²) in [6, 6.07) is 0. The van der Waals surface area contributed by atoms with Crippen molar-refractivity contribution in [3.8, 4) is 0 Å². The Labute approximate surface area is 46.7 Å². The van der Waals surface area contributed by atoms with E-state index in [-0.39, 0.29) is 12.2 Å². The predicted molar refractivity (Wildman–Crippen MR) is 25.9 cm³/mol. The van der Waals surface area contributed by atoms with Crippen LogP contribution < -0.4 is 0 Å². The van der Waals surface area contributed by atoms with Crippen LogP contribution in [-0.2, 0) is 4.79 Å². The van der Waals surface area contributed by atoms with Crippen LogP contribution in [0.25, 0.3) is 0 Å². The average molecular weight is 122 g/mol. The van der Waals surface area contributed by atoms with Gasteiger partial charge in [0.15, 0.2) is 0 Å². The van der Waals surface area contributed by atoms with Crippen LogP contribution in [0.15, 0.2) is 0 Å². The summed E-state index contributed by atoms with van der Waals surface area (Å²) < 4.78 is 22.5. The van der Waals surface area contributed by atoms with Crippen LogP contribution in [0.3, 0.4) is 0 Å². The molecule has 1 nitrogen and oxygen atoms in total. The second-order valence-electron chi connectivity index (χ2n) is 1.49. The SMILES string of the molecule is CCC(=O)CC(F)F. The molecule has 0 aromatic heterocycles. The Morgan fingerprint density at radius 2 is 2.12 bits per heavy atom. The largest absolute Gasteiger partial charge is 0.299 e. The topological polar surface area (TPSA) is 17.1 Å². The van der Waals surface area contributed by atoms with Gasteiger partial charge in [0.25, 0.3) is 0 Å². The summed E-state index contributed by atoms with van der Waals surface area (Å²) in [5.41, 5.74) is 0. The Morgan fingerprint density at radius 3 is 2.25 bits per heavy atom. The molecule has 0 saturated carbocycles. The molecule has 0 N–H and O–H groups in total. The molecule has 0 aliphatic rings. The number of hydrogen-bond acceptors (Lipinski definition) is 1. The number of ketones is 1. The van der Waals surface area contributed by atoms with Crippen molar-refractivity contribution in [2.24, 2.45) is 0 Å². The van der Waals surface area contributed by atoms with Crippen LogP contribution in [0, 0.1) is 0 Å². The highest BCUT2D eigenvalue weighted by Crippen LogP contribution is 2.00. The van der Waals surface area contributed by atoms with Gasteiger partial charge in [-0.1, -0.05) is 6.92 Å². The molecule has 0 aromatic rings. The summed E-state index contributed by atoms with van der Waals surface area (Å²) in [5, 5.41) is 0. The first-order valence-corrected chi connectivity index (χ1v) is 2.46. The number of halogens is 2. The van der Waals surface area contributed by atoms with Crippen LogP contribution >= 0.6 is 0 Å². The quantitative estimate of drug-likeness (QED) is 0.555. The molecule has 0 atom stereocenters. The number of hydrogen-bond donors (Lipinski definition) is 0. The molecule has 0 radical (unpaired) electrons. The molecule has 0 bridgehead atoms. The van der Waals surface area contributed by atoms with Crippen LogP contribution in [0.4, 0.5) is 8.78 Å². The van der Waals surface area contributed by atoms with Crippen LogP contribution in [-0.4, -0.2) is 12.2 Å². The molecule has 3 heteroatoms. The van der Waals surface area contributed by atoms with Crippen molar-refractivity contribution in [1.29, 1.82) is 0 Å². The molecule has 0 unspecified atom stereocenters. The van der Waals surface area contributed by atoms with E-state index in [1.807, 2.05) is 0 Å². The third-order valence-electron chi connectivity index (χ3n) is 0.776. The highest BCUT2D eigenvalue weighted by molar-refractivity contribution is 5.78. The van der Waals surface area contributed by atoms with E-state index in [1.165, 1.54) is 0 Å². The Morgan fingerprint density at radius 1 is 1.62 bits per heavy atom. The second kappa shape index (κ2) is 3.52. The fourth-order valence-electron chi connectivity index (χ4n) is 0.316. The monoisotopic (exact) mass is 122 g/mol. The first-order valence-electron chi connectivity index (χ1n) is 2.46. The molecule has 8 heavy (non-hydrogen) atoms. The van der Waals surface area contributed by atoms with E-state index in [4.69, 9.17) is 0 Å². The fourth-order valence-corrected chi connectivity index (χ4v) is 0.316. The maximum absolute atomic E-state index is 11.3. The van der Waals surface area contributed by atoms with Crippen LogP contribution in [0.2, 0.25) is 0 Å². The van der Waals surface area contributed by atoms with E-state index in [0.717, 1.165) is 0 Å². The Kier molecular flexibility index (Phi) is 3.31. The molecule has 0 aliphatic carbocycles. The third-order valence-corrected chi connectivity index (χ3v) is 0.776. The number of carbonyl (C=O) groups is 1. The maximum Gasteiger partial charge on any atom is 0.245 e. The van der Waals surface area contributed by atoms with Gasteiger partial charge < -0.3 is 0 Å². The lowest BCUT2D eigenvalue weighted by molar-refractivity contribution is -0.121. The standard InChI is InChI=1S/C5H8F2O/c1-2-4(8)3-5(6)7/h5H,2-3H2,1H3. The van der Waals surface area contributed by atoms with Crippen molar-refractivity contribution in [2.45, 2.75) is 26.2 Å². The number of alkyl halides is 2. The Hall–Kier alpha value is -0.470. The minimum absolute atomic E-state index is 0.213. The van der Waals surface area contributed by atoms with Gasteiger partial charge >= 0.3 is 0 Å². The highest BCUT2D eigenvalue weighted by Gasteiger charge is 2.06. The minimum Gasteiger partial charge on any atom is -0.299 e. The lowest BCUT2D eigenvalue weighted by atomic mass is 10.2. The number of rotatable bonds is 3. The second-order valence-corrected chi connectivity index (χ2v) is 1.49. The zero-order valence-corrected chi connectivity index (χ0v) is 4.66. The van der Waals surface area contributed by atoms with Crippen molar-refractivity contribution in [3.63, 3.8) is 0 Å². The predicted octanol–water partition coefficient (Wildman–Crippen LogP) is 1.62. The van der Waals surface area contributed by atoms with Gasteiger partial charge in [-0.3, -0.25) is 4.79 Å².